The van der Waals surface area contributed by atoms with Gasteiger partial charge in [0.15, 0.2) is 0 Å². The molecule has 0 amide bonds. The molecule has 22 heavy (non-hydrogen) atoms. The minimum Gasteiger partial charge on any atom is -0.0683 e. The van der Waals surface area contributed by atoms with Crippen molar-refractivity contribution in [2.24, 2.45) is 11.8 Å². The van der Waals surface area contributed by atoms with Crippen LogP contribution in [0.25, 0.3) is 0 Å². The molecular weight excluding hydrogens is 264 g/mol. The molecule has 0 saturated carbocycles. The molecule has 0 saturated heterocycles. The van der Waals surface area contributed by atoms with Crippen molar-refractivity contribution in [3.63, 3.8) is 0 Å². The van der Waals surface area contributed by atoms with E-state index in [1.54, 1.807) is 0 Å². The second kappa shape index (κ2) is 42.9. The van der Waals surface area contributed by atoms with Gasteiger partial charge in [0.25, 0.3) is 0 Å². The average Bonchev–Trinajstić information content (AvgIpc) is 2.62. The Kier molecular flexibility index (Phi) is 65.4. The van der Waals surface area contributed by atoms with Crippen LogP contribution in [0.1, 0.15) is 134 Å². The Hall–Kier alpha value is 0. The van der Waals surface area contributed by atoms with Gasteiger partial charge in [-0.05, 0) is 11.8 Å². The fraction of sp³-hybridized carbons (Fsp3) is 1.00. The van der Waals surface area contributed by atoms with E-state index >= 15 is 0 Å². The van der Waals surface area contributed by atoms with Crippen molar-refractivity contribution < 1.29 is 0 Å². The second-order valence-corrected chi connectivity index (χ2v) is 5.51. The fourth-order valence-electron chi connectivity index (χ4n) is 1.21. The molecule has 0 aromatic heterocycles. The molecule has 0 aromatic carbocycles. The smallest absolute Gasteiger partial charge is 0.0417 e. The van der Waals surface area contributed by atoms with Crippen LogP contribution in [0.15, 0.2) is 0 Å². The first-order valence-corrected chi connectivity index (χ1v) is 10.5. The lowest BCUT2D eigenvalue weighted by molar-refractivity contribution is 0.346. The van der Waals surface area contributed by atoms with Crippen molar-refractivity contribution in [3.05, 3.63) is 0 Å². The number of hydrogen-bond donors (Lipinski definition) is 0. The summed E-state index contributed by atoms with van der Waals surface area (Å²) in [6.45, 7) is 26.0. The summed E-state index contributed by atoms with van der Waals surface area (Å²) in [5, 5.41) is 0. The minimum atomic E-state index is 0.923. The van der Waals surface area contributed by atoms with Crippen LogP contribution in [-0.4, -0.2) is 0 Å². The Morgan fingerprint density at radius 3 is 1.00 bits per heavy atom. The van der Waals surface area contributed by atoms with Gasteiger partial charge in [-0.2, -0.15) is 0 Å². The van der Waals surface area contributed by atoms with Gasteiger partial charge < -0.3 is 0 Å². The van der Waals surface area contributed by atoms with E-state index in [1.165, 1.54) is 51.4 Å². The fourth-order valence-corrected chi connectivity index (χ4v) is 1.21. The van der Waals surface area contributed by atoms with Crippen molar-refractivity contribution in [3.8, 4) is 0 Å². The Morgan fingerprint density at radius 2 is 0.818 bits per heavy atom. The molecule has 0 rings (SSSR count). The van der Waals surface area contributed by atoms with Gasteiger partial charge in [-0.25, -0.2) is 0 Å². The van der Waals surface area contributed by atoms with Crippen molar-refractivity contribution in [1.29, 1.82) is 0 Å². The molecule has 0 nitrogen and oxygen atoms in total. The van der Waals surface area contributed by atoms with E-state index in [0.29, 0.717) is 0 Å². The third-order valence-corrected chi connectivity index (χ3v) is 3.63. The third kappa shape index (κ3) is 50.1. The Bertz CT molecular complexity index is 98.6. The first-order valence-electron chi connectivity index (χ1n) is 10.5. The predicted molar refractivity (Wildman–Crippen MR) is 112 cm³/mol. The third-order valence-electron chi connectivity index (χ3n) is 3.63. The highest BCUT2D eigenvalue weighted by molar-refractivity contribution is 4.59. The van der Waals surface area contributed by atoms with E-state index in [9.17, 15) is 0 Å². The van der Waals surface area contributed by atoms with Crippen molar-refractivity contribution in [2.45, 2.75) is 134 Å². The summed E-state index contributed by atoms with van der Waals surface area (Å²) in [5.41, 5.74) is 0. The van der Waals surface area contributed by atoms with E-state index in [4.69, 9.17) is 0 Å². The van der Waals surface area contributed by atoms with Gasteiger partial charge in [-0.15, -0.1) is 0 Å². The monoisotopic (exact) mass is 318 g/mol. The van der Waals surface area contributed by atoms with E-state index in [-0.39, 0.29) is 0 Å². The van der Waals surface area contributed by atoms with Gasteiger partial charge in [-0.3, -0.25) is 0 Å². The van der Waals surface area contributed by atoms with Crippen molar-refractivity contribution in [1.82, 2.24) is 0 Å². The normalized spacial score (nSPS) is 10.9. The molecule has 0 heterocycles. The molecule has 2 unspecified atom stereocenters. The van der Waals surface area contributed by atoms with Crippen LogP contribution >= 0.6 is 0 Å². The van der Waals surface area contributed by atoms with Crippen molar-refractivity contribution in [2.75, 3.05) is 0 Å². The second-order valence-electron chi connectivity index (χ2n) is 5.51. The molecular formula is C22H54. The van der Waals surface area contributed by atoms with Gasteiger partial charge in [0.05, 0.1) is 0 Å². The molecule has 2 atom stereocenters. The summed E-state index contributed by atoms with van der Waals surface area (Å²) in [6, 6.07) is 0. The number of rotatable bonds is 7. The average molecular weight is 319 g/mol. The first kappa shape index (κ1) is 33.6. The quantitative estimate of drug-likeness (QED) is 0.438. The largest absolute Gasteiger partial charge is 0.0683 e. The first-order chi connectivity index (χ1) is 10.5. The van der Waals surface area contributed by atoms with E-state index in [1.807, 2.05) is 27.7 Å². The van der Waals surface area contributed by atoms with E-state index in [2.05, 4.69) is 55.4 Å². The lowest BCUT2D eigenvalue weighted by Gasteiger charge is -2.17. The maximum Gasteiger partial charge on any atom is -0.0417 e. The van der Waals surface area contributed by atoms with Gasteiger partial charge in [-0.1, -0.05) is 134 Å². The summed E-state index contributed by atoms with van der Waals surface area (Å²) >= 11 is 0. The number of hydrogen-bond acceptors (Lipinski definition) is 0. The molecule has 0 fully saturated rings. The zero-order valence-corrected chi connectivity index (χ0v) is 18.8. The molecule has 0 aliphatic carbocycles. The Labute approximate surface area is 146 Å². The molecule has 0 heteroatoms. The van der Waals surface area contributed by atoms with Gasteiger partial charge >= 0.3 is 0 Å². The van der Waals surface area contributed by atoms with Crippen LogP contribution in [0.3, 0.4) is 0 Å². The molecule has 0 radical (unpaired) electrons. The lowest BCUT2D eigenvalue weighted by Crippen LogP contribution is -2.06. The molecule has 0 bridgehead atoms. The highest BCUT2D eigenvalue weighted by atomic mass is 14.1. The predicted octanol–water partition coefficient (Wildman–Crippen LogP) is 9.52. The van der Waals surface area contributed by atoms with Gasteiger partial charge in [0.1, 0.15) is 0 Å². The Morgan fingerprint density at radius 1 is 0.500 bits per heavy atom. The van der Waals surface area contributed by atoms with Crippen LogP contribution in [0, 0.1) is 11.8 Å². The highest BCUT2D eigenvalue weighted by Gasteiger charge is 2.08. The lowest BCUT2D eigenvalue weighted by atomic mass is 9.89. The van der Waals surface area contributed by atoms with E-state index in [0.717, 1.165) is 11.8 Å². The topological polar surface area (TPSA) is 0 Å². The molecule has 0 aliphatic rings. The van der Waals surface area contributed by atoms with Crippen LogP contribution in [0.4, 0.5) is 0 Å². The molecule has 0 aliphatic heterocycles. The molecule has 0 spiro atoms. The van der Waals surface area contributed by atoms with Gasteiger partial charge in [0.2, 0.25) is 0 Å². The Balaban J connectivity index is -0.0000000671. The summed E-state index contributed by atoms with van der Waals surface area (Å²) in [4.78, 5) is 0. The molecule has 0 aromatic rings. The van der Waals surface area contributed by atoms with Crippen LogP contribution in [0.5, 0.6) is 0 Å². The SMILES string of the molecule is CC.CC.CCCC.CCCC.CCCCC(C)C(C)CC. The maximum atomic E-state index is 2.38. The molecule has 142 valence electrons. The zero-order valence-electron chi connectivity index (χ0n) is 18.8. The molecule has 0 N–H and O–H groups in total. The van der Waals surface area contributed by atoms with Crippen LogP contribution in [0.2, 0.25) is 0 Å². The van der Waals surface area contributed by atoms with Crippen LogP contribution in [-0.2, 0) is 0 Å². The summed E-state index contributed by atoms with van der Waals surface area (Å²) in [6.07, 6.45) is 10.8. The van der Waals surface area contributed by atoms with Crippen molar-refractivity contribution >= 4 is 0 Å². The zero-order chi connectivity index (χ0) is 18.8. The summed E-state index contributed by atoms with van der Waals surface area (Å²) in [7, 11) is 0. The number of unbranched alkanes of at least 4 members (excludes halogenated alkanes) is 3. The van der Waals surface area contributed by atoms with Crippen LogP contribution < -0.4 is 0 Å². The van der Waals surface area contributed by atoms with E-state index < -0.39 is 0 Å². The standard InChI is InChI=1S/C10H22.2C4H10.2C2H6/c1-5-7-8-10(4)9(3)6-2;2*1-3-4-2;2*1-2/h9-10H,5-8H2,1-4H3;2*3-4H2,1-2H3;2*1-2H3. The minimum absolute atomic E-state index is 0.923. The van der Waals surface area contributed by atoms with Gasteiger partial charge in [0, 0.05) is 0 Å². The summed E-state index contributed by atoms with van der Waals surface area (Å²) < 4.78 is 0. The highest BCUT2D eigenvalue weighted by Crippen LogP contribution is 2.19. The maximum absolute atomic E-state index is 2.38. The summed E-state index contributed by atoms with van der Waals surface area (Å²) in [5.74, 6) is 1.86.